The minimum absolute atomic E-state index is 1.04. The second kappa shape index (κ2) is 3.27. The van der Waals surface area contributed by atoms with E-state index in [-0.39, 0.29) is 0 Å². The van der Waals surface area contributed by atoms with Gasteiger partial charge in [-0.2, -0.15) is 0 Å². The highest BCUT2D eigenvalue weighted by molar-refractivity contribution is 5.28. The van der Waals surface area contributed by atoms with E-state index in [1.54, 1.807) is 0 Å². The average molecular weight is 139 g/mol. The van der Waals surface area contributed by atoms with Gasteiger partial charge in [0.25, 0.3) is 0 Å². The van der Waals surface area contributed by atoms with Crippen molar-refractivity contribution in [3.8, 4) is 0 Å². The van der Waals surface area contributed by atoms with E-state index in [2.05, 4.69) is 29.4 Å². The molecule has 3 nitrogen and oxygen atoms in total. The van der Waals surface area contributed by atoms with E-state index in [1.807, 2.05) is 13.0 Å². The zero-order valence-corrected chi connectivity index (χ0v) is 6.36. The Bertz CT molecular complexity index is 170. The van der Waals surface area contributed by atoms with Gasteiger partial charge < -0.3 is 10.9 Å². The van der Waals surface area contributed by atoms with Crippen LogP contribution in [0, 0.1) is 0 Å². The van der Waals surface area contributed by atoms with Gasteiger partial charge in [0.1, 0.15) is 0 Å². The summed E-state index contributed by atoms with van der Waals surface area (Å²) in [5.41, 5.74) is 11.0. The van der Waals surface area contributed by atoms with Crippen LogP contribution >= 0.6 is 0 Å². The minimum Gasteiger partial charge on any atom is -0.302 e. The molecule has 0 aromatic heterocycles. The summed E-state index contributed by atoms with van der Waals surface area (Å²) in [7, 11) is 0. The van der Waals surface area contributed by atoms with E-state index in [0.29, 0.717) is 0 Å². The highest BCUT2D eigenvalue weighted by Crippen LogP contribution is 2.05. The van der Waals surface area contributed by atoms with Crippen LogP contribution in [0.3, 0.4) is 0 Å². The van der Waals surface area contributed by atoms with Gasteiger partial charge in [0.15, 0.2) is 0 Å². The maximum Gasteiger partial charge on any atom is 0.0707 e. The van der Waals surface area contributed by atoms with Crippen LogP contribution in [0.2, 0.25) is 0 Å². The highest BCUT2D eigenvalue weighted by Gasteiger charge is 2.07. The van der Waals surface area contributed by atoms with Gasteiger partial charge in [-0.15, -0.1) is 5.53 Å². The first-order valence-electron chi connectivity index (χ1n) is 3.52. The number of hydrogen-bond donors (Lipinski definition) is 3. The van der Waals surface area contributed by atoms with E-state index in [4.69, 9.17) is 0 Å². The Balaban J connectivity index is 2.68. The molecule has 1 aliphatic rings. The summed E-state index contributed by atoms with van der Waals surface area (Å²) in [6.07, 6.45) is 5.19. The fourth-order valence-corrected chi connectivity index (χ4v) is 0.893. The van der Waals surface area contributed by atoms with Crippen LogP contribution in [0.25, 0.3) is 0 Å². The Labute approximate surface area is 61.1 Å². The molecule has 0 amide bonds. The van der Waals surface area contributed by atoms with Crippen LogP contribution in [0.15, 0.2) is 23.5 Å². The number of nitrogens with one attached hydrogen (secondary N) is 3. The third-order valence-electron chi connectivity index (χ3n) is 1.38. The monoisotopic (exact) mass is 139 g/mol. The summed E-state index contributed by atoms with van der Waals surface area (Å²) in [6.45, 7) is 4.11. The van der Waals surface area contributed by atoms with E-state index in [9.17, 15) is 0 Å². The zero-order chi connectivity index (χ0) is 7.40. The Morgan fingerprint density at radius 1 is 1.30 bits per heavy atom. The molecule has 0 unspecified atom stereocenters. The number of allylic oxidation sites excluding steroid dienone is 2. The molecule has 0 aliphatic carbocycles. The van der Waals surface area contributed by atoms with Gasteiger partial charge in [-0.05, 0) is 13.3 Å². The molecule has 0 atom stereocenters. The highest BCUT2D eigenvalue weighted by atomic mass is 15.6. The largest absolute Gasteiger partial charge is 0.302 e. The van der Waals surface area contributed by atoms with Crippen molar-refractivity contribution in [2.24, 2.45) is 0 Å². The van der Waals surface area contributed by atoms with Crippen LogP contribution in [-0.2, 0) is 0 Å². The van der Waals surface area contributed by atoms with Crippen molar-refractivity contribution in [1.29, 1.82) is 0 Å². The topological polar surface area (TPSA) is 36.1 Å². The van der Waals surface area contributed by atoms with Crippen LogP contribution < -0.4 is 16.4 Å². The maximum absolute atomic E-state index is 2.99. The Morgan fingerprint density at radius 3 is 2.60 bits per heavy atom. The third-order valence-corrected chi connectivity index (χ3v) is 1.38. The summed E-state index contributed by atoms with van der Waals surface area (Å²) in [4.78, 5) is 0. The Hall–Kier alpha value is -0.960. The molecule has 0 aromatic rings. The van der Waals surface area contributed by atoms with Gasteiger partial charge in [-0.1, -0.05) is 19.1 Å². The maximum atomic E-state index is 2.99. The molecule has 1 heterocycles. The predicted octanol–water partition coefficient (Wildman–Crippen LogP) is 0.796. The van der Waals surface area contributed by atoms with Crippen LogP contribution in [0.4, 0.5) is 0 Å². The average Bonchev–Trinajstić information content (AvgIpc) is 2.36. The molecule has 3 N–H and O–H groups in total. The van der Waals surface area contributed by atoms with Crippen molar-refractivity contribution < 1.29 is 0 Å². The summed E-state index contributed by atoms with van der Waals surface area (Å²) >= 11 is 0. The lowest BCUT2D eigenvalue weighted by molar-refractivity contribution is 0.617. The standard InChI is InChI=1S/C7H13N3/c1-3-5-7-6(4-2)8-10-9-7/h4-5,8-10H,3H2,1-2H3/b6-4+,7-5+. The first-order valence-corrected chi connectivity index (χ1v) is 3.52. The normalized spacial score (nSPS) is 25.0. The molecule has 10 heavy (non-hydrogen) atoms. The predicted molar refractivity (Wildman–Crippen MR) is 41.5 cm³/mol. The van der Waals surface area contributed by atoms with Gasteiger partial charge in [0, 0.05) is 0 Å². The fourth-order valence-electron chi connectivity index (χ4n) is 0.893. The molecule has 3 heteroatoms. The summed E-state index contributed by atoms with van der Waals surface area (Å²) in [6, 6.07) is 0. The molecule has 1 aliphatic heterocycles. The minimum atomic E-state index is 1.04. The van der Waals surface area contributed by atoms with Crippen LogP contribution in [0.5, 0.6) is 0 Å². The van der Waals surface area contributed by atoms with E-state index in [0.717, 1.165) is 17.8 Å². The quantitative estimate of drug-likeness (QED) is 0.503. The van der Waals surface area contributed by atoms with Crippen molar-refractivity contribution in [3.05, 3.63) is 23.5 Å². The van der Waals surface area contributed by atoms with E-state index in [1.165, 1.54) is 0 Å². The van der Waals surface area contributed by atoms with Crippen molar-refractivity contribution in [3.63, 3.8) is 0 Å². The van der Waals surface area contributed by atoms with E-state index >= 15 is 0 Å². The first kappa shape index (κ1) is 7.15. The Kier molecular flexibility index (Phi) is 2.34. The van der Waals surface area contributed by atoms with Gasteiger partial charge >= 0.3 is 0 Å². The smallest absolute Gasteiger partial charge is 0.0707 e. The third kappa shape index (κ3) is 1.30. The number of hydrazine groups is 2. The summed E-state index contributed by atoms with van der Waals surface area (Å²) in [5.74, 6) is 0. The SMILES string of the molecule is C/C=C1/NNN/C1=C/CC. The van der Waals surface area contributed by atoms with Crippen molar-refractivity contribution in [2.45, 2.75) is 20.3 Å². The lowest BCUT2D eigenvalue weighted by atomic mass is 10.3. The number of rotatable bonds is 1. The molecule has 0 spiro atoms. The van der Waals surface area contributed by atoms with Gasteiger partial charge in [-0.25, -0.2) is 0 Å². The summed E-state index contributed by atoms with van der Waals surface area (Å²) < 4.78 is 0. The van der Waals surface area contributed by atoms with Gasteiger partial charge in [0.2, 0.25) is 0 Å². The second-order valence-corrected chi connectivity index (χ2v) is 2.10. The molecule has 0 radical (unpaired) electrons. The van der Waals surface area contributed by atoms with Gasteiger partial charge in [0.05, 0.1) is 11.4 Å². The van der Waals surface area contributed by atoms with E-state index < -0.39 is 0 Å². The van der Waals surface area contributed by atoms with Crippen LogP contribution in [0.1, 0.15) is 20.3 Å². The lowest BCUT2D eigenvalue weighted by Gasteiger charge is -1.94. The molecule has 0 bridgehead atoms. The van der Waals surface area contributed by atoms with Crippen molar-refractivity contribution in [2.75, 3.05) is 0 Å². The van der Waals surface area contributed by atoms with Crippen LogP contribution in [-0.4, -0.2) is 0 Å². The first-order chi connectivity index (χ1) is 4.88. The molecule has 1 rings (SSSR count). The molecule has 0 saturated carbocycles. The molecular formula is C7H13N3. The molecule has 1 saturated heterocycles. The second-order valence-electron chi connectivity index (χ2n) is 2.10. The van der Waals surface area contributed by atoms with Crippen molar-refractivity contribution >= 4 is 0 Å². The fraction of sp³-hybridized carbons (Fsp3) is 0.429. The Morgan fingerprint density at radius 2 is 2.00 bits per heavy atom. The molecule has 56 valence electrons. The zero-order valence-electron chi connectivity index (χ0n) is 6.36. The van der Waals surface area contributed by atoms with Crippen molar-refractivity contribution in [1.82, 2.24) is 16.4 Å². The lowest BCUT2D eigenvalue weighted by Crippen LogP contribution is -2.29. The molecule has 1 fully saturated rings. The van der Waals surface area contributed by atoms with Gasteiger partial charge in [-0.3, -0.25) is 0 Å². The number of hydrogen-bond acceptors (Lipinski definition) is 3. The summed E-state index contributed by atoms with van der Waals surface area (Å²) in [5, 5.41) is 0. The molecular weight excluding hydrogens is 126 g/mol. The molecule has 0 aromatic carbocycles.